The van der Waals surface area contributed by atoms with E-state index >= 15 is 0 Å². The second kappa shape index (κ2) is 9.07. The highest BCUT2D eigenvalue weighted by molar-refractivity contribution is 7.89. The molecular weight excluding hydrogens is 435 g/mol. The molecule has 0 spiro atoms. The van der Waals surface area contributed by atoms with Gasteiger partial charge in [0.25, 0.3) is 5.91 Å². The number of amides is 1. The van der Waals surface area contributed by atoms with Crippen molar-refractivity contribution < 1.29 is 27.5 Å². The first-order valence-corrected chi connectivity index (χ1v) is 11.3. The lowest BCUT2D eigenvalue weighted by molar-refractivity contribution is -0.133. The average Bonchev–Trinajstić information content (AvgIpc) is 2.82. The maximum Gasteiger partial charge on any atom is 0.262 e. The molecule has 0 aromatic heterocycles. The van der Waals surface area contributed by atoms with Gasteiger partial charge in [-0.15, -0.1) is 0 Å². The van der Waals surface area contributed by atoms with E-state index in [0.29, 0.717) is 5.75 Å². The lowest BCUT2D eigenvalue weighted by Crippen LogP contribution is -2.51. The van der Waals surface area contributed by atoms with Gasteiger partial charge in [0, 0.05) is 6.54 Å². The Morgan fingerprint density at radius 3 is 2.34 bits per heavy atom. The number of hydrogen-bond acceptors (Lipinski definition) is 5. The molecule has 1 atom stereocenters. The Kier molecular flexibility index (Phi) is 6.22. The molecule has 0 radical (unpaired) electrons. The number of benzene rings is 3. The van der Waals surface area contributed by atoms with E-state index in [0.717, 1.165) is 21.0 Å². The second-order valence-corrected chi connectivity index (χ2v) is 9.29. The van der Waals surface area contributed by atoms with Crippen LogP contribution in [0.2, 0.25) is 0 Å². The maximum atomic E-state index is 13.3. The second-order valence-electron chi connectivity index (χ2n) is 7.40. The van der Waals surface area contributed by atoms with Crippen LogP contribution in [0, 0.1) is 5.82 Å². The third-order valence-electron chi connectivity index (χ3n) is 5.37. The van der Waals surface area contributed by atoms with Crippen molar-refractivity contribution in [3.05, 3.63) is 95.3 Å². The molecule has 1 heterocycles. The van der Waals surface area contributed by atoms with Crippen LogP contribution >= 0.6 is 0 Å². The van der Waals surface area contributed by atoms with Crippen molar-refractivity contribution in [2.75, 3.05) is 0 Å². The number of rotatable bonds is 6. The lowest BCUT2D eigenvalue weighted by atomic mass is 9.95. The van der Waals surface area contributed by atoms with E-state index in [4.69, 9.17) is 9.94 Å². The Balaban J connectivity index is 1.55. The third kappa shape index (κ3) is 4.50. The molecule has 0 fully saturated rings. The number of sulfonamides is 1. The van der Waals surface area contributed by atoms with Crippen molar-refractivity contribution >= 4 is 15.9 Å². The smallest absolute Gasteiger partial charge is 0.262 e. The molecule has 0 unspecified atom stereocenters. The molecular formula is C23H21FN2O5S. The van der Waals surface area contributed by atoms with Crippen LogP contribution in [-0.2, 0) is 34.4 Å². The topological polar surface area (TPSA) is 95.9 Å². The molecule has 2 N–H and O–H groups in total. The molecule has 7 nitrogen and oxygen atoms in total. The zero-order valence-corrected chi connectivity index (χ0v) is 17.8. The van der Waals surface area contributed by atoms with Crippen molar-refractivity contribution in [1.82, 2.24) is 9.79 Å². The van der Waals surface area contributed by atoms with Crippen molar-refractivity contribution in [3.8, 4) is 5.75 Å². The fourth-order valence-electron chi connectivity index (χ4n) is 3.64. The number of halogens is 1. The van der Waals surface area contributed by atoms with Gasteiger partial charge in [0.2, 0.25) is 10.0 Å². The van der Waals surface area contributed by atoms with E-state index < -0.39 is 22.0 Å². The van der Waals surface area contributed by atoms with Crippen LogP contribution in [0.3, 0.4) is 0 Å². The molecule has 32 heavy (non-hydrogen) atoms. The Bertz CT molecular complexity index is 1210. The predicted octanol–water partition coefficient (Wildman–Crippen LogP) is 3.03. The minimum atomic E-state index is -4.03. The molecule has 3 aromatic carbocycles. The van der Waals surface area contributed by atoms with Gasteiger partial charge in [0.15, 0.2) is 0 Å². The molecule has 0 saturated carbocycles. The van der Waals surface area contributed by atoms with E-state index in [1.165, 1.54) is 36.4 Å². The fraction of sp³-hybridized carbons (Fsp3) is 0.174. The highest BCUT2D eigenvalue weighted by Gasteiger charge is 2.39. The number of nitrogens with one attached hydrogen (secondary N) is 1. The van der Waals surface area contributed by atoms with Crippen LogP contribution in [0.4, 0.5) is 4.39 Å². The highest BCUT2D eigenvalue weighted by Crippen LogP contribution is 2.30. The van der Waals surface area contributed by atoms with E-state index in [1.807, 2.05) is 24.3 Å². The molecule has 0 bridgehead atoms. The molecule has 166 valence electrons. The largest absolute Gasteiger partial charge is 0.489 e. The zero-order chi connectivity index (χ0) is 22.7. The Morgan fingerprint density at radius 1 is 1.03 bits per heavy atom. The number of hydroxylamine groups is 1. The van der Waals surface area contributed by atoms with Crippen LogP contribution < -0.4 is 10.2 Å². The number of fused-ring (bicyclic) bond motifs is 1. The molecule has 0 aliphatic carbocycles. The van der Waals surface area contributed by atoms with Gasteiger partial charge < -0.3 is 4.74 Å². The van der Waals surface area contributed by atoms with E-state index in [-0.39, 0.29) is 30.3 Å². The number of nitrogens with zero attached hydrogens (tertiary/aromatic N) is 1. The van der Waals surface area contributed by atoms with Crippen LogP contribution in [-0.4, -0.2) is 29.9 Å². The highest BCUT2D eigenvalue weighted by atomic mass is 32.2. The van der Waals surface area contributed by atoms with E-state index in [2.05, 4.69) is 0 Å². The average molecular weight is 456 g/mol. The first kappa shape index (κ1) is 21.9. The van der Waals surface area contributed by atoms with Crippen molar-refractivity contribution in [2.45, 2.75) is 30.5 Å². The third-order valence-corrected chi connectivity index (χ3v) is 7.24. The summed E-state index contributed by atoms with van der Waals surface area (Å²) in [5.74, 6) is -0.680. The number of carbonyl (C=O) groups is 1. The van der Waals surface area contributed by atoms with E-state index in [1.54, 1.807) is 17.6 Å². The van der Waals surface area contributed by atoms with Gasteiger partial charge in [-0.05, 0) is 59.5 Å². The van der Waals surface area contributed by atoms with Crippen LogP contribution in [0.15, 0.2) is 77.7 Å². The van der Waals surface area contributed by atoms with Crippen molar-refractivity contribution in [3.63, 3.8) is 0 Å². The minimum Gasteiger partial charge on any atom is -0.489 e. The monoisotopic (exact) mass is 456 g/mol. The first-order chi connectivity index (χ1) is 15.4. The summed E-state index contributed by atoms with van der Waals surface area (Å²) in [6, 6.07) is 18.0. The first-order valence-electron chi connectivity index (χ1n) is 9.88. The summed E-state index contributed by atoms with van der Waals surface area (Å²) in [7, 11) is -4.03. The number of hydrogen-bond donors (Lipinski definition) is 2. The minimum absolute atomic E-state index is 0.00162. The number of carbonyl (C=O) groups excluding carboxylic acids is 1. The summed E-state index contributed by atoms with van der Waals surface area (Å²) >= 11 is 0. The quantitative estimate of drug-likeness (QED) is 0.439. The molecule has 4 rings (SSSR count). The molecule has 0 saturated heterocycles. The van der Waals surface area contributed by atoms with Crippen LogP contribution in [0.5, 0.6) is 5.75 Å². The van der Waals surface area contributed by atoms with Crippen molar-refractivity contribution in [1.29, 1.82) is 0 Å². The Hall–Kier alpha value is -3.27. The normalized spacial score (nSPS) is 16.2. The van der Waals surface area contributed by atoms with Gasteiger partial charge >= 0.3 is 0 Å². The summed E-state index contributed by atoms with van der Waals surface area (Å²) in [5, 5.41) is 9.14. The van der Waals surface area contributed by atoms with Gasteiger partial charge in [-0.2, -0.15) is 4.31 Å². The van der Waals surface area contributed by atoms with Gasteiger partial charge in [0.05, 0.1) is 4.90 Å². The summed E-state index contributed by atoms with van der Waals surface area (Å²) in [4.78, 5) is 12.3. The zero-order valence-electron chi connectivity index (χ0n) is 16.9. The molecule has 1 amide bonds. The lowest BCUT2D eigenvalue weighted by Gasteiger charge is -2.34. The van der Waals surface area contributed by atoms with Crippen LogP contribution in [0.25, 0.3) is 0 Å². The summed E-state index contributed by atoms with van der Waals surface area (Å²) in [6.07, 6.45) is 0.153. The van der Waals surface area contributed by atoms with Gasteiger partial charge in [-0.25, -0.2) is 18.3 Å². The molecule has 1 aliphatic heterocycles. The molecule has 3 aromatic rings. The Morgan fingerprint density at radius 2 is 1.69 bits per heavy atom. The summed E-state index contributed by atoms with van der Waals surface area (Å²) < 4.78 is 46.4. The van der Waals surface area contributed by atoms with Crippen LogP contribution in [0.1, 0.15) is 16.7 Å². The van der Waals surface area contributed by atoms with Crippen molar-refractivity contribution in [2.24, 2.45) is 0 Å². The molecule has 9 heteroatoms. The van der Waals surface area contributed by atoms with Gasteiger partial charge in [0.1, 0.15) is 24.2 Å². The summed E-state index contributed by atoms with van der Waals surface area (Å²) in [5.41, 5.74) is 4.01. The number of ether oxygens (including phenoxy) is 1. The Labute approximate surface area is 185 Å². The standard InChI is InChI=1S/C23H21FN2O5S/c24-19-7-5-16(6-8-19)15-31-20-9-11-21(12-10-20)32(29,30)26-14-18-4-2-1-3-17(18)13-22(26)23(27)25-28/h1-12,22,28H,13-15H2,(H,25,27)/t22-/m1/s1. The summed E-state index contributed by atoms with van der Waals surface area (Å²) in [6.45, 7) is 0.216. The van der Waals surface area contributed by atoms with Gasteiger partial charge in [-0.1, -0.05) is 36.4 Å². The van der Waals surface area contributed by atoms with Gasteiger partial charge in [-0.3, -0.25) is 10.0 Å². The molecule has 1 aliphatic rings. The predicted molar refractivity (Wildman–Crippen MR) is 114 cm³/mol. The van der Waals surface area contributed by atoms with E-state index in [9.17, 15) is 17.6 Å². The fourth-order valence-corrected chi connectivity index (χ4v) is 5.21. The maximum absolute atomic E-state index is 13.3. The SMILES string of the molecule is O=C(NO)[C@H]1Cc2ccccc2CN1S(=O)(=O)c1ccc(OCc2ccc(F)cc2)cc1.